The van der Waals surface area contributed by atoms with Crippen LogP contribution in [0.15, 0.2) is 24.5 Å². The van der Waals surface area contributed by atoms with E-state index >= 15 is 0 Å². The second-order valence-electron chi connectivity index (χ2n) is 3.79. The van der Waals surface area contributed by atoms with Gasteiger partial charge in [-0.15, -0.1) is 11.3 Å². The fourth-order valence-corrected chi connectivity index (χ4v) is 3.54. The molecule has 0 aliphatic rings. The first-order valence-corrected chi connectivity index (χ1v) is 7.14. The van der Waals surface area contributed by atoms with Crippen molar-refractivity contribution in [3.05, 3.63) is 49.3 Å². The van der Waals surface area contributed by atoms with Crippen LogP contribution in [0.5, 0.6) is 0 Å². The second kappa shape index (κ2) is 4.80. The lowest BCUT2D eigenvalue weighted by molar-refractivity contribution is 0.104. The zero-order valence-corrected chi connectivity index (χ0v) is 12.3. The average Bonchev–Trinajstić information content (AvgIpc) is 2.93. The molecule has 3 aromatic rings. The molecule has 1 N–H and O–H groups in total. The first-order chi connectivity index (χ1) is 9.08. The lowest BCUT2D eigenvalue weighted by Crippen LogP contribution is -1.99. The number of nitrogens with one attached hydrogen (secondary N) is 1. The molecule has 0 aliphatic carbocycles. The Morgan fingerprint density at radius 3 is 2.74 bits per heavy atom. The number of carbonyl (C=O) groups excluding carboxylic acids is 1. The van der Waals surface area contributed by atoms with Gasteiger partial charge in [0.1, 0.15) is 9.98 Å². The Labute approximate surface area is 127 Å². The van der Waals surface area contributed by atoms with E-state index in [1.165, 1.54) is 0 Å². The van der Waals surface area contributed by atoms with Gasteiger partial charge in [0.2, 0.25) is 0 Å². The molecule has 0 saturated carbocycles. The maximum atomic E-state index is 12.5. The summed E-state index contributed by atoms with van der Waals surface area (Å²) in [5.74, 6) is -0.227. The van der Waals surface area contributed by atoms with Gasteiger partial charge in [-0.05, 0) is 12.1 Å². The van der Waals surface area contributed by atoms with Gasteiger partial charge in [-0.3, -0.25) is 4.79 Å². The predicted molar refractivity (Wildman–Crippen MR) is 78.9 cm³/mol. The van der Waals surface area contributed by atoms with Crippen molar-refractivity contribution in [3.8, 4) is 0 Å². The molecule has 0 radical (unpaired) electrons. The SMILES string of the molecule is O=C(c1cc(Cl)sc1Cl)c1c[nH]c2nccc(Cl)c12. The molecule has 19 heavy (non-hydrogen) atoms. The summed E-state index contributed by atoms with van der Waals surface area (Å²) in [7, 11) is 0. The van der Waals surface area contributed by atoms with Crippen LogP contribution in [0.3, 0.4) is 0 Å². The third-order valence-corrected chi connectivity index (χ3v) is 4.47. The van der Waals surface area contributed by atoms with Crippen LogP contribution in [0.1, 0.15) is 15.9 Å². The maximum absolute atomic E-state index is 12.5. The van der Waals surface area contributed by atoms with E-state index < -0.39 is 0 Å². The van der Waals surface area contributed by atoms with Crippen LogP contribution in [-0.4, -0.2) is 15.8 Å². The highest BCUT2D eigenvalue weighted by molar-refractivity contribution is 7.20. The molecule has 0 bridgehead atoms. The maximum Gasteiger partial charge on any atom is 0.197 e. The molecule has 3 heterocycles. The molecule has 3 aromatic heterocycles. The van der Waals surface area contributed by atoms with E-state index in [0.29, 0.717) is 35.9 Å². The first kappa shape index (κ1) is 12.9. The Kier molecular flexibility index (Phi) is 3.27. The van der Waals surface area contributed by atoms with E-state index in [1.807, 2.05) is 0 Å². The van der Waals surface area contributed by atoms with Crippen molar-refractivity contribution < 1.29 is 4.79 Å². The summed E-state index contributed by atoms with van der Waals surface area (Å²) in [5, 5.41) is 1.06. The van der Waals surface area contributed by atoms with Crippen LogP contribution in [0.2, 0.25) is 13.7 Å². The van der Waals surface area contributed by atoms with E-state index in [4.69, 9.17) is 34.8 Å². The zero-order valence-electron chi connectivity index (χ0n) is 9.21. The number of rotatable bonds is 2. The number of thiophene rings is 1. The minimum absolute atomic E-state index is 0.227. The number of halogens is 3. The minimum Gasteiger partial charge on any atom is -0.345 e. The first-order valence-electron chi connectivity index (χ1n) is 5.19. The lowest BCUT2D eigenvalue weighted by atomic mass is 10.1. The van der Waals surface area contributed by atoms with Gasteiger partial charge < -0.3 is 4.98 Å². The summed E-state index contributed by atoms with van der Waals surface area (Å²) < 4.78 is 0.835. The van der Waals surface area contributed by atoms with Crippen LogP contribution in [0.4, 0.5) is 0 Å². The fourth-order valence-electron chi connectivity index (χ4n) is 1.84. The molecular formula is C12H5Cl3N2OS. The summed E-state index contributed by atoms with van der Waals surface area (Å²) in [4.78, 5) is 19.5. The second-order valence-corrected chi connectivity index (χ2v) is 6.48. The van der Waals surface area contributed by atoms with E-state index in [0.717, 1.165) is 11.3 Å². The van der Waals surface area contributed by atoms with Crippen LogP contribution < -0.4 is 0 Å². The number of nitrogens with zero attached hydrogens (tertiary/aromatic N) is 1. The molecule has 0 aromatic carbocycles. The van der Waals surface area contributed by atoms with Gasteiger partial charge in [0.05, 0.1) is 20.5 Å². The average molecular weight is 332 g/mol. The van der Waals surface area contributed by atoms with Crippen LogP contribution in [-0.2, 0) is 0 Å². The molecule has 0 fully saturated rings. The number of hydrogen-bond acceptors (Lipinski definition) is 3. The molecule has 0 saturated heterocycles. The van der Waals surface area contributed by atoms with E-state index in [2.05, 4.69) is 9.97 Å². The van der Waals surface area contributed by atoms with E-state index in [1.54, 1.807) is 24.5 Å². The van der Waals surface area contributed by atoms with Crippen LogP contribution in [0, 0.1) is 0 Å². The smallest absolute Gasteiger partial charge is 0.197 e. The number of carbonyl (C=O) groups is 1. The van der Waals surface area contributed by atoms with Gasteiger partial charge in [-0.1, -0.05) is 34.8 Å². The highest BCUT2D eigenvalue weighted by Gasteiger charge is 2.20. The Morgan fingerprint density at radius 2 is 2.05 bits per heavy atom. The van der Waals surface area contributed by atoms with Gasteiger partial charge in [0.25, 0.3) is 0 Å². The summed E-state index contributed by atoms with van der Waals surface area (Å²) >= 11 is 19.1. The summed E-state index contributed by atoms with van der Waals surface area (Å²) in [6.45, 7) is 0. The number of aromatic nitrogens is 2. The van der Waals surface area contributed by atoms with Crippen molar-refractivity contribution in [1.82, 2.24) is 9.97 Å². The molecule has 0 aliphatic heterocycles. The topological polar surface area (TPSA) is 45.8 Å². The lowest BCUT2D eigenvalue weighted by Gasteiger charge is -1.99. The summed E-state index contributed by atoms with van der Waals surface area (Å²) in [6, 6.07) is 3.19. The number of ketones is 1. The van der Waals surface area contributed by atoms with E-state index in [9.17, 15) is 4.79 Å². The molecule has 0 unspecified atom stereocenters. The fraction of sp³-hybridized carbons (Fsp3) is 0. The minimum atomic E-state index is -0.227. The molecule has 3 rings (SSSR count). The van der Waals surface area contributed by atoms with Gasteiger partial charge in [0, 0.05) is 17.8 Å². The molecule has 0 atom stereocenters. The Hall–Kier alpha value is -1.07. The normalized spacial score (nSPS) is 11.1. The van der Waals surface area contributed by atoms with Crippen LogP contribution in [0.25, 0.3) is 11.0 Å². The zero-order chi connectivity index (χ0) is 13.6. The van der Waals surface area contributed by atoms with Crippen molar-refractivity contribution in [2.45, 2.75) is 0 Å². The van der Waals surface area contributed by atoms with Crippen molar-refractivity contribution in [3.63, 3.8) is 0 Å². The van der Waals surface area contributed by atoms with Crippen molar-refractivity contribution in [1.29, 1.82) is 0 Å². The van der Waals surface area contributed by atoms with Gasteiger partial charge in [0.15, 0.2) is 5.78 Å². The number of H-pyrrole nitrogens is 1. The standard InChI is InChI=1S/C12H5Cl3N2OS/c13-7-1-2-16-12-9(7)6(4-17-12)10(18)5-3-8(14)19-11(5)15/h1-4H,(H,16,17). The largest absolute Gasteiger partial charge is 0.345 e. The van der Waals surface area contributed by atoms with Gasteiger partial charge >= 0.3 is 0 Å². The quantitative estimate of drug-likeness (QED) is 0.685. The van der Waals surface area contributed by atoms with Crippen LogP contribution >= 0.6 is 46.1 Å². The third kappa shape index (κ3) is 2.15. The number of pyridine rings is 1. The van der Waals surface area contributed by atoms with Gasteiger partial charge in [-0.25, -0.2) is 4.98 Å². The third-order valence-electron chi connectivity index (χ3n) is 2.67. The van der Waals surface area contributed by atoms with Gasteiger partial charge in [-0.2, -0.15) is 0 Å². The molecule has 0 amide bonds. The number of hydrogen-bond donors (Lipinski definition) is 1. The predicted octanol–water partition coefficient (Wildman–Crippen LogP) is 4.82. The number of aromatic amines is 1. The Morgan fingerprint density at radius 1 is 1.26 bits per heavy atom. The van der Waals surface area contributed by atoms with Crippen molar-refractivity contribution >= 4 is 63.0 Å². The molecule has 3 nitrogen and oxygen atoms in total. The number of fused-ring (bicyclic) bond motifs is 1. The Balaban J connectivity index is 2.20. The molecule has 96 valence electrons. The molecular weight excluding hydrogens is 327 g/mol. The summed E-state index contributed by atoms with van der Waals surface area (Å²) in [6.07, 6.45) is 3.15. The summed E-state index contributed by atoms with van der Waals surface area (Å²) in [5.41, 5.74) is 1.37. The monoisotopic (exact) mass is 330 g/mol. The molecule has 0 spiro atoms. The molecule has 7 heteroatoms. The highest BCUT2D eigenvalue weighted by Crippen LogP contribution is 2.34. The van der Waals surface area contributed by atoms with Crippen molar-refractivity contribution in [2.75, 3.05) is 0 Å². The Bertz CT molecular complexity index is 793. The highest BCUT2D eigenvalue weighted by atomic mass is 35.5. The van der Waals surface area contributed by atoms with E-state index in [-0.39, 0.29) is 5.78 Å². The van der Waals surface area contributed by atoms with Crippen molar-refractivity contribution in [2.24, 2.45) is 0 Å².